The van der Waals surface area contributed by atoms with Gasteiger partial charge in [-0.3, -0.25) is 4.79 Å². The normalized spacial score (nSPS) is 11.1. The molecule has 0 fully saturated rings. The number of allylic oxidation sites excluding steroid dienone is 1. The van der Waals surface area contributed by atoms with Gasteiger partial charge in [-0.2, -0.15) is 5.26 Å². The summed E-state index contributed by atoms with van der Waals surface area (Å²) in [7, 11) is 0. The zero-order chi connectivity index (χ0) is 17.6. The lowest BCUT2D eigenvalue weighted by molar-refractivity contribution is -0.115. The third kappa shape index (κ3) is 4.03. The molecule has 6 heteroatoms. The summed E-state index contributed by atoms with van der Waals surface area (Å²) < 4.78 is 5.25. The second kappa shape index (κ2) is 7.60. The zero-order valence-electron chi connectivity index (χ0n) is 13.5. The third-order valence-corrected chi connectivity index (χ3v) is 4.35. The number of anilines is 1. The minimum Gasteiger partial charge on any atom is -0.465 e. The molecule has 0 aliphatic carbocycles. The Hall–Kier alpha value is -3.17. The van der Waals surface area contributed by atoms with Crippen molar-refractivity contribution in [1.82, 2.24) is 4.98 Å². The highest BCUT2D eigenvalue weighted by atomic mass is 32.1. The lowest BCUT2D eigenvalue weighted by atomic mass is 10.1. The summed E-state index contributed by atoms with van der Waals surface area (Å²) in [5.41, 5.74) is 2.92. The van der Waals surface area contributed by atoms with Gasteiger partial charge < -0.3 is 9.73 Å². The van der Waals surface area contributed by atoms with Gasteiger partial charge in [0.1, 0.15) is 16.8 Å². The minimum atomic E-state index is -0.0228. The van der Waals surface area contributed by atoms with E-state index in [0.717, 1.165) is 16.9 Å². The summed E-state index contributed by atoms with van der Waals surface area (Å²) >= 11 is 1.40. The number of nitriles is 1. The molecule has 0 unspecified atom stereocenters. The van der Waals surface area contributed by atoms with Gasteiger partial charge in [0.05, 0.1) is 17.5 Å². The summed E-state index contributed by atoms with van der Waals surface area (Å²) in [4.78, 5) is 15.9. The van der Waals surface area contributed by atoms with E-state index in [1.54, 1.807) is 24.5 Å². The highest BCUT2D eigenvalue weighted by Crippen LogP contribution is 2.28. The van der Waals surface area contributed by atoms with E-state index in [1.807, 2.05) is 36.6 Å². The first-order valence-corrected chi connectivity index (χ1v) is 8.59. The number of amides is 1. The number of carbonyl (C=O) groups excluding carboxylic acids is 1. The lowest BCUT2D eigenvalue weighted by Gasteiger charge is -2.04. The van der Waals surface area contributed by atoms with Crippen LogP contribution in [0.4, 0.5) is 5.69 Å². The van der Waals surface area contributed by atoms with Crippen LogP contribution < -0.4 is 5.32 Å². The maximum Gasteiger partial charge on any atom is 0.224 e. The number of benzene rings is 1. The monoisotopic (exact) mass is 349 g/mol. The highest BCUT2D eigenvalue weighted by Gasteiger charge is 2.10. The van der Waals surface area contributed by atoms with E-state index in [1.165, 1.54) is 11.3 Å². The molecule has 0 bridgehead atoms. The first kappa shape index (κ1) is 16.7. The zero-order valence-corrected chi connectivity index (χ0v) is 14.3. The van der Waals surface area contributed by atoms with E-state index < -0.39 is 0 Å². The van der Waals surface area contributed by atoms with Crippen LogP contribution in [0.2, 0.25) is 0 Å². The molecule has 3 rings (SSSR count). The fraction of sp³-hybridized carbons (Fsp3) is 0.105. The standard InChI is InChI=1S/C19H15N3O2S/c1-2-18(23)21-15-7-5-13(6-8-15)17-12-25-19(22-17)14(11-20)10-16-4-3-9-24-16/h3-10,12H,2H2,1H3,(H,21,23)/b14-10+. The van der Waals surface area contributed by atoms with Crippen molar-refractivity contribution in [1.29, 1.82) is 5.26 Å². The summed E-state index contributed by atoms with van der Waals surface area (Å²) in [6.07, 6.45) is 3.68. The summed E-state index contributed by atoms with van der Waals surface area (Å²) in [5, 5.41) is 14.7. The van der Waals surface area contributed by atoms with Gasteiger partial charge in [0.15, 0.2) is 0 Å². The molecule has 1 amide bonds. The second-order valence-corrected chi connectivity index (χ2v) is 6.06. The smallest absolute Gasteiger partial charge is 0.224 e. The van der Waals surface area contributed by atoms with E-state index >= 15 is 0 Å². The molecule has 0 spiro atoms. The van der Waals surface area contributed by atoms with Crippen molar-refractivity contribution in [3.8, 4) is 17.3 Å². The average molecular weight is 349 g/mol. The molecule has 0 saturated carbocycles. The van der Waals surface area contributed by atoms with E-state index in [9.17, 15) is 10.1 Å². The number of thiazole rings is 1. The fourth-order valence-electron chi connectivity index (χ4n) is 2.16. The number of nitrogens with zero attached hydrogens (tertiary/aromatic N) is 2. The van der Waals surface area contributed by atoms with Crippen molar-refractivity contribution < 1.29 is 9.21 Å². The largest absolute Gasteiger partial charge is 0.465 e. The maximum atomic E-state index is 11.4. The van der Waals surface area contributed by atoms with Crippen LogP contribution in [0.25, 0.3) is 22.9 Å². The quantitative estimate of drug-likeness (QED) is 0.670. The molecule has 5 nitrogen and oxygen atoms in total. The van der Waals surface area contributed by atoms with Crippen LogP contribution in [0.5, 0.6) is 0 Å². The number of furan rings is 1. The van der Waals surface area contributed by atoms with Crippen LogP contribution in [0.3, 0.4) is 0 Å². The van der Waals surface area contributed by atoms with Crippen LogP contribution in [0.1, 0.15) is 24.1 Å². The number of nitrogens with one attached hydrogen (secondary N) is 1. The van der Waals surface area contributed by atoms with Crippen LogP contribution in [-0.2, 0) is 4.79 Å². The van der Waals surface area contributed by atoms with Crippen LogP contribution in [-0.4, -0.2) is 10.9 Å². The SMILES string of the molecule is CCC(=O)Nc1ccc(-c2csc(/C(C#N)=C/c3ccco3)n2)cc1. The maximum absolute atomic E-state index is 11.4. The predicted molar refractivity (Wildman–Crippen MR) is 98.7 cm³/mol. The molecule has 2 heterocycles. The van der Waals surface area contributed by atoms with E-state index in [4.69, 9.17) is 4.42 Å². The molecule has 3 aromatic rings. The van der Waals surface area contributed by atoms with Gasteiger partial charge in [-0.05, 0) is 24.3 Å². The van der Waals surface area contributed by atoms with Crippen molar-refractivity contribution >= 4 is 34.6 Å². The molecule has 1 aromatic carbocycles. The Labute approximate surface area is 149 Å². The lowest BCUT2D eigenvalue weighted by Crippen LogP contribution is -2.08. The Morgan fingerprint density at radius 2 is 2.16 bits per heavy atom. The topological polar surface area (TPSA) is 78.9 Å². The van der Waals surface area contributed by atoms with E-state index in [-0.39, 0.29) is 5.91 Å². The number of carbonyl (C=O) groups is 1. The van der Waals surface area contributed by atoms with Gasteiger partial charge >= 0.3 is 0 Å². The van der Waals surface area contributed by atoms with Crippen molar-refractivity contribution in [2.45, 2.75) is 13.3 Å². The van der Waals surface area contributed by atoms with E-state index in [2.05, 4.69) is 16.4 Å². The highest BCUT2D eigenvalue weighted by molar-refractivity contribution is 7.11. The molecule has 0 aliphatic rings. The molecular weight excluding hydrogens is 334 g/mol. The van der Waals surface area contributed by atoms with Crippen LogP contribution in [0.15, 0.2) is 52.5 Å². The second-order valence-electron chi connectivity index (χ2n) is 5.20. The van der Waals surface area contributed by atoms with Crippen molar-refractivity contribution in [3.63, 3.8) is 0 Å². The Bertz CT molecular complexity index is 932. The molecule has 0 aliphatic heterocycles. The van der Waals surface area contributed by atoms with E-state index in [0.29, 0.717) is 22.8 Å². The molecule has 0 radical (unpaired) electrons. The summed E-state index contributed by atoms with van der Waals surface area (Å²) in [6.45, 7) is 1.81. The van der Waals surface area contributed by atoms with Crippen LogP contribution in [0, 0.1) is 11.3 Å². The van der Waals surface area contributed by atoms with Gasteiger partial charge in [-0.15, -0.1) is 11.3 Å². The first-order chi connectivity index (χ1) is 12.2. The molecule has 2 aromatic heterocycles. The average Bonchev–Trinajstić information content (AvgIpc) is 3.32. The number of rotatable bonds is 5. The van der Waals surface area contributed by atoms with Crippen molar-refractivity contribution in [2.24, 2.45) is 0 Å². The predicted octanol–water partition coefficient (Wildman–Crippen LogP) is 4.82. The molecule has 25 heavy (non-hydrogen) atoms. The van der Waals surface area contributed by atoms with Gasteiger partial charge in [0.2, 0.25) is 5.91 Å². The van der Waals surface area contributed by atoms with Gasteiger partial charge in [-0.1, -0.05) is 19.1 Å². The van der Waals surface area contributed by atoms with Crippen molar-refractivity contribution in [3.05, 3.63) is 58.8 Å². The Morgan fingerprint density at radius 3 is 2.80 bits per heavy atom. The number of aromatic nitrogens is 1. The van der Waals surface area contributed by atoms with Gasteiger partial charge in [0.25, 0.3) is 0 Å². The summed E-state index contributed by atoms with van der Waals surface area (Å²) in [5.74, 6) is 0.592. The molecular formula is C19H15N3O2S. The molecule has 0 saturated heterocycles. The Kier molecular flexibility index (Phi) is 5.07. The fourth-order valence-corrected chi connectivity index (χ4v) is 2.96. The number of hydrogen-bond donors (Lipinski definition) is 1. The Balaban J connectivity index is 1.81. The Morgan fingerprint density at radius 1 is 1.36 bits per heavy atom. The summed E-state index contributed by atoms with van der Waals surface area (Å²) in [6, 6.07) is 13.2. The first-order valence-electron chi connectivity index (χ1n) is 7.71. The molecule has 1 N–H and O–H groups in total. The van der Waals surface area contributed by atoms with Crippen LogP contribution >= 0.6 is 11.3 Å². The number of hydrogen-bond acceptors (Lipinski definition) is 5. The van der Waals surface area contributed by atoms with Gasteiger partial charge in [-0.25, -0.2) is 4.98 Å². The molecule has 0 atom stereocenters. The van der Waals surface area contributed by atoms with Gasteiger partial charge in [0, 0.05) is 29.1 Å². The molecule has 124 valence electrons. The minimum absolute atomic E-state index is 0.0228. The van der Waals surface area contributed by atoms with Crippen molar-refractivity contribution in [2.75, 3.05) is 5.32 Å². The third-order valence-electron chi connectivity index (χ3n) is 3.47.